The maximum atomic E-state index is 13.2. The van der Waals surface area contributed by atoms with Gasteiger partial charge in [0.05, 0.1) is 11.9 Å². The number of rotatable bonds is 4. The van der Waals surface area contributed by atoms with Gasteiger partial charge in [0, 0.05) is 12.6 Å². The lowest BCUT2D eigenvalue weighted by Gasteiger charge is -2.06. The van der Waals surface area contributed by atoms with E-state index in [0.29, 0.717) is 6.54 Å². The average Bonchev–Trinajstić information content (AvgIpc) is 2.68. The van der Waals surface area contributed by atoms with Crippen LogP contribution in [0.2, 0.25) is 0 Å². The summed E-state index contributed by atoms with van der Waals surface area (Å²) in [6, 6.07) is 6.58. The molecule has 0 saturated heterocycles. The van der Waals surface area contributed by atoms with E-state index in [-0.39, 0.29) is 5.82 Å². The number of nitrogens with two attached hydrogens (primary N) is 1. The Balaban J connectivity index is 2.39. The van der Waals surface area contributed by atoms with E-state index in [1.54, 1.807) is 10.7 Å². The smallest absolute Gasteiger partial charge is 0.123 e. The van der Waals surface area contributed by atoms with Gasteiger partial charge in [0.2, 0.25) is 0 Å². The van der Waals surface area contributed by atoms with Crippen LogP contribution in [0.1, 0.15) is 12.0 Å². The van der Waals surface area contributed by atoms with Crippen molar-refractivity contribution in [3.63, 3.8) is 0 Å². The summed E-state index contributed by atoms with van der Waals surface area (Å²) in [5.41, 5.74) is 8.45. The van der Waals surface area contributed by atoms with Crippen molar-refractivity contribution in [2.24, 2.45) is 12.8 Å². The van der Waals surface area contributed by atoms with Crippen LogP contribution < -0.4 is 5.73 Å². The van der Waals surface area contributed by atoms with E-state index in [0.717, 1.165) is 29.7 Å². The Bertz CT molecular complexity index is 505. The number of benzene rings is 1. The molecule has 17 heavy (non-hydrogen) atoms. The summed E-state index contributed by atoms with van der Waals surface area (Å²) < 4.78 is 15.0. The first-order chi connectivity index (χ1) is 8.22. The van der Waals surface area contributed by atoms with E-state index in [9.17, 15) is 4.39 Å². The Kier molecular flexibility index (Phi) is 3.54. The van der Waals surface area contributed by atoms with E-state index < -0.39 is 0 Å². The minimum Gasteiger partial charge on any atom is -0.330 e. The Labute approximate surface area is 100 Å². The number of nitrogens with zero attached hydrogens (tertiary/aromatic N) is 2. The van der Waals surface area contributed by atoms with Crippen molar-refractivity contribution in [2.45, 2.75) is 12.8 Å². The summed E-state index contributed by atoms with van der Waals surface area (Å²) in [5, 5.41) is 4.23. The van der Waals surface area contributed by atoms with Crippen LogP contribution in [0.25, 0.3) is 11.3 Å². The molecule has 0 fully saturated rings. The summed E-state index contributed by atoms with van der Waals surface area (Å²) in [4.78, 5) is 0. The van der Waals surface area contributed by atoms with E-state index in [1.165, 1.54) is 12.1 Å². The second-order valence-electron chi connectivity index (χ2n) is 4.04. The predicted octanol–water partition coefficient (Wildman–Crippen LogP) is 2.12. The topological polar surface area (TPSA) is 43.8 Å². The number of aryl methyl sites for hydroxylation is 2. The SMILES string of the molecule is Cn1ncc(CCCN)c1-c1cccc(F)c1. The monoisotopic (exact) mass is 233 g/mol. The van der Waals surface area contributed by atoms with Gasteiger partial charge in [-0.25, -0.2) is 4.39 Å². The van der Waals surface area contributed by atoms with Crippen LogP contribution >= 0.6 is 0 Å². The van der Waals surface area contributed by atoms with Gasteiger partial charge in [0.1, 0.15) is 5.82 Å². The van der Waals surface area contributed by atoms with Crippen LogP contribution in [0.4, 0.5) is 4.39 Å². The van der Waals surface area contributed by atoms with E-state index in [1.807, 2.05) is 19.3 Å². The van der Waals surface area contributed by atoms with Crippen LogP contribution in [0.3, 0.4) is 0 Å². The van der Waals surface area contributed by atoms with Crippen molar-refractivity contribution in [3.8, 4) is 11.3 Å². The molecule has 0 bridgehead atoms. The van der Waals surface area contributed by atoms with Gasteiger partial charge in [-0.2, -0.15) is 5.10 Å². The van der Waals surface area contributed by atoms with Crippen LogP contribution in [-0.2, 0) is 13.5 Å². The molecule has 0 spiro atoms. The quantitative estimate of drug-likeness (QED) is 0.879. The van der Waals surface area contributed by atoms with Gasteiger partial charge in [0.25, 0.3) is 0 Å². The first kappa shape index (κ1) is 11.8. The maximum absolute atomic E-state index is 13.2. The molecule has 1 aromatic carbocycles. The van der Waals surface area contributed by atoms with Gasteiger partial charge in [-0.1, -0.05) is 12.1 Å². The van der Waals surface area contributed by atoms with Crippen molar-refractivity contribution in [3.05, 3.63) is 41.8 Å². The van der Waals surface area contributed by atoms with Gasteiger partial charge in [-0.05, 0) is 37.1 Å². The molecule has 3 nitrogen and oxygen atoms in total. The Hall–Kier alpha value is -1.68. The maximum Gasteiger partial charge on any atom is 0.123 e. The molecule has 0 aliphatic carbocycles. The first-order valence-electron chi connectivity index (χ1n) is 5.69. The molecule has 0 amide bonds. The predicted molar refractivity (Wildman–Crippen MR) is 66.0 cm³/mol. The van der Waals surface area contributed by atoms with E-state index >= 15 is 0 Å². The fraction of sp³-hybridized carbons (Fsp3) is 0.308. The molecular weight excluding hydrogens is 217 g/mol. The summed E-state index contributed by atoms with van der Waals surface area (Å²) in [6.45, 7) is 0.650. The summed E-state index contributed by atoms with van der Waals surface area (Å²) in [6.07, 6.45) is 3.61. The zero-order valence-corrected chi connectivity index (χ0v) is 9.86. The zero-order chi connectivity index (χ0) is 12.3. The van der Waals surface area contributed by atoms with Crippen molar-refractivity contribution in [1.82, 2.24) is 9.78 Å². The molecule has 2 aromatic rings. The van der Waals surface area contributed by atoms with Crippen LogP contribution in [0.15, 0.2) is 30.5 Å². The molecule has 1 aromatic heterocycles. The molecule has 0 atom stereocenters. The van der Waals surface area contributed by atoms with E-state index in [2.05, 4.69) is 5.10 Å². The number of hydrogen-bond acceptors (Lipinski definition) is 2. The average molecular weight is 233 g/mol. The van der Waals surface area contributed by atoms with Gasteiger partial charge >= 0.3 is 0 Å². The molecule has 0 aliphatic heterocycles. The minimum atomic E-state index is -0.228. The highest BCUT2D eigenvalue weighted by atomic mass is 19.1. The van der Waals surface area contributed by atoms with Crippen molar-refractivity contribution < 1.29 is 4.39 Å². The van der Waals surface area contributed by atoms with Gasteiger partial charge in [-0.3, -0.25) is 4.68 Å². The second-order valence-corrected chi connectivity index (χ2v) is 4.04. The number of aromatic nitrogens is 2. The highest BCUT2D eigenvalue weighted by Gasteiger charge is 2.10. The van der Waals surface area contributed by atoms with Gasteiger partial charge in [-0.15, -0.1) is 0 Å². The fourth-order valence-corrected chi connectivity index (χ4v) is 1.97. The molecule has 1 heterocycles. The first-order valence-corrected chi connectivity index (χ1v) is 5.69. The highest BCUT2D eigenvalue weighted by Crippen LogP contribution is 2.24. The van der Waals surface area contributed by atoms with Crippen molar-refractivity contribution >= 4 is 0 Å². The highest BCUT2D eigenvalue weighted by molar-refractivity contribution is 5.63. The summed E-state index contributed by atoms with van der Waals surface area (Å²) >= 11 is 0. The van der Waals surface area contributed by atoms with Gasteiger partial charge in [0.15, 0.2) is 0 Å². The Morgan fingerprint density at radius 2 is 2.24 bits per heavy atom. The third-order valence-electron chi connectivity index (χ3n) is 2.76. The summed E-state index contributed by atoms with van der Waals surface area (Å²) in [7, 11) is 1.87. The lowest BCUT2D eigenvalue weighted by atomic mass is 10.0. The molecule has 2 N–H and O–H groups in total. The molecule has 0 unspecified atom stereocenters. The normalized spacial score (nSPS) is 10.8. The minimum absolute atomic E-state index is 0.228. The van der Waals surface area contributed by atoms with Crippen molar-refractivity contribution in [1.29, 1.82) is 0 Å². The van der Waals surface area contributed by atoms with Crippen LogP contribution in [-0.4, -0.2) is 16.3 Å². The largest absolute Gasteiger partial charge is 0.330 e. The van der Waals surface area contributed by atoms with Crippen molar-refractivity contribution in [2.75, 3.05) is 6.54 Å². The summed E-state index contributed by atoms with van der Waals surface area (Å²) in [5.74, 6) is -0.228. The van der Waals surface area contributed by atoms with Gasteiger partial charge < -0.3 is 5.73 Å². The molecule has 0 aliphatic rings. The molecule has 90 valence electrons. The van der Waals surface area contributed by atoms with Crippen LogP contribution in [0, 0.1) is 5.82 Å². The Morgan fingerprint density at radius 1 is 1.41 bits per heavy atom. The fourth-order valence-electron chi connectivity index (χ4n) is 1.97. The molecular formula is C13H16FN3. The zero-order valence-electron chi connectivity index (χ0n) is 9.86. The van der Waals surface area contributed by atoms with E-state index in [4.69, 9.17) is 5.73 Å². The molecule has 4 heteroatoms. The number of hydrogen-bond donors (Lipinski definition) is 1. The molecule has 0 saturated carbocycles. The lowest BCUT2D eigenvalue weighted by Crippen LogP contribution is -2.01. The lowest BCUT2D eigenvalue weighted by molar-refractivity contribution is 0.628. The number of halogens is 1. The molecule has 2 rings (SSSR count). The standard InChI is InChI=1S/C13H16FN3/c1-17-13(10-4-2-6-12(14)8-10)11(9-16-17)5-3-7-15/h2,4,6,8-9H,3,5,7,15H2,1H3. The Morgan fingerprint density at radius 3 is 2.94 bits per heavy atom. The van der Waals surface area contributed by atoms with Crippen LogP contribution in [0.5, 0.6) is 0 Å². The second kappa shape index (κ2) is 5.10. The molecule has 0 radical (unpaired) electrons. The third kappa shape index (κ3) is 2.53. The third-order valence-corrected chi connectivity index (χ3v) is 2.76.